The molecule has 2 heteroatoms. The van der Waals surface area contributed by atoms with E-state index in [4.69, 9.17) is 4.98 Å². The quantitative estimate of drug-likeness (QED) is 0.264. The minimum absolute atomic E-state index is 0.500. The molecular weight excluding hydrogens is 424 g/mol. The summed E-state index contributed by atoms with van der Waals surface area (Å²) >= 11 is 0. The van der Waals surface area contributed by atoms with Gasteiger partial charge in [0, 0.05) is 22.2 Å². The Morgan fingerprint density at radius 3 is 1.97 bits per heavy atom. The highest BCUT2D eigenvalue weighted by molar-refractivity contribution is 5.92. The summed E-state index contributed by atoms with van der Waals surface area (Å²) in [6, 6.07) is 32.2. The standard InChI is InChI=1S/C31H26N2.C2H6/c1-21-16-17-29-26(18-21)31-22(2)10-9-15-30(31)33(29)25-19-27(23-11-5-3-6-12-23)32-28(20-25)24-13-7-4-8-14-24;1-2/h3-9,11-20,22H,10H2,1-2H3;1-2H3. The lowest BCUT2D eigenvalue weighted by Crippen LogP contribution is -2.04. The summed E-state index contributed by atoms with van der Waals surface area (Å²) in [6.07, 6.45) is 5.70. The van der Waals surface area contributed by atoms with Crippen molar-refractivity contribution < 1.29 is 0 Å². The molecule has 1 aliphatic carbocycles. The number of rotatable bonds is 3. The molecule has 0 bridgehead atoms. The van der Waals surface area contributed by atoms with Crippen molar-refractivity contribution in [2.45, 2.75) is 40.0 Å². The van der Waals surface area contributed by atoms with Crippen molar-refractivity contribution in [3.8, 4) is 28.2 Å². The SMILES string of the molecule is CC.Cc1ccc2c(c1)c1c(n2-c2cc(-c3ccccc3)nc(-c3ccccc3)c2)C=CCC1C. The van der Waals surface area contributed by atoms with Crippen LogP contribution in [0.1, 0.15) is 49.9 Å². The van der Waals surface area contributed by atoms with Gasteiger partial charge in [-0.15, -0.1) is 0 Å². The molecule has 6 rings (SSSR count). The smallest absolute Gasteiger partial charge is 0.0730 e. The van der Waals surface area contributed by atoms with E-state index in [1.54, 1.807) is 0 Å². The summed E-state index contributed by atoms with van der Waals surface area (Å²) in [5.74, 6) is 0.500. The van der Waals surface area contributed by atoms with Gasteiger partial charge in [0.25, 0.3) is 0 Å². The maximum Gasteiger partial charge on any atom is 0.0730 e. The lowest BCUT2D eigenvalue weighted by atomic mass is 9.90. The third-order valence-corrected chi connectivity index (χ3v) is 6.67. The highest BCUT2D eigenvalue weighted by Gasteiger charge is 2.23. The van der Waals surface area contributed by atoms with Crippen molar-refractivity contribution >= 4 is 17.0 Å². The Kier molecular flexibility index (Phi) is 6.37. The topological polar surface area (TPSA) is 17.8 Å². The number of nitrogens with zero attached hydrogens (tertiary/aromatic N) is 2. The molecule has 0 spiro atoms. The van der Waals surface area contributed by atoms with Crippen LogP contribution in [0.5, 0.6) is 0 Å². The van der Waals surface area contributed by atoms with Crippen molar-refractivity contribution in [1.82, 2.24) is 9.55 Å². The van der Waals surface area contributed by atoms with Crippen LogP contribution in [0.15, 0.2) is 97.1 Å². The molecule has 174 valence electrons. The van der Waals surface area contributed by atoms with Crippen molar-refractivity contribution in [3.63, 3.8) is 0 Å². The Balaban J connectivity index is 0.00000124. The van der Waals surface area contributed by atoms with Crippen LogP contribution in [0.25, 0.3) is 45.2 Å². The monoisotopic (exact) mass is 456 g/mol. The Morgan fingerprint density at radius 2 is 1.37 bits per heavy atom. The average Bonchev–Trinajstić information content (AvgIpc) is 3.25. The van der Waals surface area contributed by atoms with Crippen LogP contribution >= 0.6 is 0 Å². The largest absolute Gasteiger partial charge is 0.309 e. The zero-order valence-electron chi connectivity index (χ0n) is 21.0. The lowest BCUT2D eigenvalue weighted by molar-refractivity contribution is 0.773. The number of allylic oxidation sites excluding steroid dienone is 1. The van der Waals surface area contributed by atoms with Gasteiger partial charge in [-0.25, -0.2) is 4.98 Å². The summed E-state index contributed by atoms with van der Waals surface area (Å²) in [7, 11) is 0. The van der Waals surface area contributed by atoms with Crippen molar-refractivity contribution in [1.29, 1.82) is 0 Å². The number of hydrogen-bond acceptors (Lipinski definition) is 1. The van der Waals surface area contributed by atoms with Crippen LogP contribution in [-0.4, -0.2) is 9.55 Å². The highest BCUT2D eigenvalue weighted by atomic mass is 15.0. The molecule has 2 aromatic heterocycles. The maximum atomic E-state index is 5.07. The summed E-state index contributed by atoms with van der Waals surface area (Å²) in [4.78, 5) is 5.07. The molecule has 35 heavy (non-hydrogen) atoms. The molecule has 0 radical (unpaired) electrons. The highest BCUT2D eigenvalue weighted by Crippen LogP contribution is 2.40. The van der Waals surface area contributed by atoms with Gasteiger partial charge < -0.3 is 4.57 Å². The summed E-state index contributed by atoms with van der Waals surface area (Å²) < 4.78 is 2.43. The van der Waals surface area contributed by atoms with E-state index in [1.807, 2.05) is 13.8 Å². The molecule has 2 heterocycles. The molecule has 1 aliphatic rings. The number of hydrogen-bond donors (Lipinski definition) is 0. The van der Waals surface area contributed by atoms with E-state index in [0.29, 0.717) is 5.92 Å². The molecule has 0 saturated heterocycles. The second kappa shape index (κ2) is 9.76. The van der Waals surface area contributed by atoms with Gasteiger partial charge in [0.15, 0.2) is 0 Å². The van der Waals surface area contributed by atoms with Gasteiger partial charge in [0.1, 0.15) is 0 Å². The molecule has 0 fully saturated rings. The van der Waals surface area contributed by atoms with Crippen LogP contribution in [0.2, 0.25) is 0 Å². The number of aromatic nitrogens is 2. The van der Waals surface area contributed by atoms with Crippen LogP contribution in [-0.2, 0) is 0 Å². The van der Waals surface area contributed by atoms with Crippen LogP contribution in [0, 0.1) is 6.92 Å². The zero-order chi connectivity index (χ0) is 24.4. The van der Waals surface area contributed by atoms with E-state index >= 15 is 0 Å². The van der Waals surface area contributed by atoms with E-state index in [9.17, 15) is 0 Å². The predicted octanol–water partition coefficient (Wildman–Crippen LogP) is 9.21. The number of pyridine rings is 1. The fraction of sp³-hybridized carbons (Fsp3) is 0.182. The van der Waals surface area contributed by atoms with Gasteiger partial charge in [0.05, 0.1) is 22.6 Å². The Bertz CT molecular complexity index is 1430. The normalized spacial score (nSPS) is 14.3. The Labute approximate surface area is 208 Å². The van der Waals surface area contributed by atoms with E-state index < -0.39 is 0 Å². The number of benzene rings is 3. The van der Waals surface area contributed by atoms with E-state index in [1.165, 1.54) is 27.7 Å². The molecule has 0 amide bonds. The molecule has 1 atom stereocenters. The molecule has 2 nitrogen and oxygen atoms in total. The van der Waals surface area contributed by atoms with Crippen molar-refractivity contribution in [2.75, 3.05) is 0 Å². The van der Waals surface area contributed by atoms with Gasteiger partial charge in [-0.1, -0.05) is 99.1 Å². The van der Waals surface area contributed by atoms with E-state index in [2.05, 4.69) is 122 Å². The first-order chi connectivity index (χ1) is 17.2. The van der Waals surface area contributed by atoms with Crippen LogP contribution < -0.4 is 0 Å². The van der Waals surface area contributed by atoms with Gasteiger partial charge in [-0.2, -0.15) is 0 Å². The van der Waals surface area contributed by atoms with Crippen molar-refractivity contribution in [2.24, 2.45) is 0 Å². The van der Waals surface area contributed by atoms with Crippen LogP contribution in [0.4, 0.5) is 0 Å². The van der Waals surface area contributed by atoms with Crippen molar-refractivity contribution in [3.05, 3.63) is 114 Å². The van der Waals surface area contributed by atoms with Gasteiger partial charge >= 0.3 is 0 Å². The predicted molar refractivity (Wildman–Crippen MR) is 150 cm³/mol. The first-order valence-corrected chi connectivity index (χ1v) is 12.6. The fourth-order valence-corrected chi connectivity index (χ4v) is 5.07. The van der Waals surface area contributed by atoms with E-state index in [0.717, 1.165) is 34.6 Å². The first kappa shape index (κ1) is 22.9. The lowest BCUT2D eigenvalue weighted by Gasteiger charge is -2.18. The second-order valence-corrected chi connectivity index (χ2v) is 9.02. The van der Waals surface area contributed by atoms with Gasteiger partial charge in [-0.05, 0) is 55.2 Å². The second-order valence-electron chi connectivity index (χ2n) is 9.02. The third kappa shape index (κ3) is 4.21. The number of aryl methyl sites for hydroxylation is 1. The Morgan fingerprint density at radius 1 is 0.771 bits per heavy atom. The Hall–Kier alpha value is -3.91. The average molecular weight is 457 g/mol. The molecule has 1 unspecified atom stereocenters. The molecule has 3 aromatic carbocycles. The minimum Gasteiger partial charge on any atom is -0.309 e. The maximum absolute atomic E-state index is 5.07. The fourth-order valence-electron chi connectivity index (χ4n) is 5.07. The molecule has 0 aliphatic heterocycles. The molecule has 0 saturated carbocycles. The summed E-state index contributed by atoms with van der Waals surface area (Å²) in [6.45, 7) is 8.52. The van der Waals surface area contributed by atoms with Crippen LogP contribution in [0.3, 0.4) is 0 Å². The van der Waals surface area contributed by atoms with Gasteiger partial charge in [0.2, 0.25) is 0 Å². The third-order valence-electron chi connectivity index (χ3n) is 6.67. The first-order valence-electron chi connectivity index (χ1n) is 12.6. The summed E-state index contributed by atoms with van der Waals surface area (Å²) in [5, 5.41) is 1.36. The minimum atomic E-state index is 0.500. The summed E-state index contributed by atoms with van der Waals surface area (Å²) in [5.41, 5.74) is 10.7. The van der Waals surface area contributed by atoms with Gasteiger partial charge in [-0.3, -0.25) is 0 Å². The molecule has 0 N–H and O–H groups in total. The zero-order valence-corrected chi connectivity index (χ0v) is 21.0. The molecule has 5 aromatic rings. The molecular formula is C33H32N2. The van der Waals surface area contributed by atoms with E-state index in [-0.39, 0.29) is 0 Å². The number of fused-ring (bicyclic) bond motifs is 3.